The fourth-order valence-electron chi connectivity index (χ4n) is 1.99. The normalized spacial score (nSPS) is 13.8. The Balaban J connectivity index is 2.34. The summed E-state index contributed by atoms with van der Waals surface area (Å²) in [5.41, 5.74) is 2.85. The number of ketones is 1. The third-order valence-corrected chi connectivity index (χ3v) is 2.81. The van der Waals surface area contributed by atoms with E-state index in [1.54, 1.807) is 7.05 Å². The lowest BCUT2D eigenvalue weighted by Gasteiger charge is -2.06. The average molecular weight is 203 g/mol. The van der Waals surface area contributed by atoms with Crippen LogP contribution >= 0.6 is 0 Å². The molecule has 15 heavy (non-hydrogen) atoms. The van der Waals surface area contributed by atoms with Gasteiger partial charge in [0.15, 0.2) is 5.78 Å². The second kappa shape index (κ2) is 3.85. The first-order valence-electron chi connectivity index (χ1n) is 5.07. The number of rotatable bonds is 2. The summed E-state index contributed by atoms with van der Waals surface area (Å²) in [5.74, 6) is 0.187. The molecular formula is C12H13NO2. The van der Waals surface area contributed by atoms with Gasteiger partial charge in [-0.3, -0.25) is 9.59 Å². The summed E-state index contributed by atoms with van der Waals surface area (Å²) in [6.07, 6.45) is 1.73. The monoisotopic (exact) mass is 203 g/mol. The second-order valence-corrected chi connectivity index (χ2v) is 3.72. The van der Waals surface area contributed by atoms with E-state index < -0.39 is 0 Å². The minimum Gasteiger partial charge on any atom is -0.359 e. The molecule has 78 valence electrons. The highest BCUT2D eigenvalue weighted by Crippen LogP contribution is 2.25. The lowest BCUT2D eigenvalue weighted by Crippen LogP contribution is -2.20. The highest BCUT2D eigenvalue weighted by molar-refractivity contribution is 6.01. The molecule has 0 spiro atoms. The third-order valence-electron chi connectivity index (χ3n) is 2.81. The molecule has 0 radical (unpaired) electrons. The quantitative estimate of drug-likeness (QED) is 0.782. The van der Waals surface area contributed by atoms with Crippen LogP contribution in [0.2, 0.25) is 0 Å². The molecule has 0 fully saturated rings. The minimum absolute atomic E-state index is 0.0113. The van der Waals surface area contributed by atoms with E-state index >= 15 is 0 Å². The van der Waals surface area contributed by atoms with Gasteiger partial charge in [0.2, 0.25) is 5.91 Å². The zero-order chi connectivity index (χ0) is 10.8. The van der Waals surface area contributed by atoms with Crippen molar-refractivity contribution in [2.75, 3.05) is 7.05 Å². The van der Waals surface area contributed by atoms with Gasteiger partial charge in [-0.15, -0.1) is 0 Å². The molecule has 1 aliphatic carbocycles. The summed E-state index contributed by atoms with van der Waals surface area (Å²) in [4.78, 5) is 22.7. The van der Waals surface area contributed by atoms with Crippen molar-refractivity contribution in [2.24, 2.45) is 0 Å². The van der Waals surface area contributed by atoms with Gasteiger partial charge in [-0.2, -0.15) is 0 Å². The molecule has 1 aromatic carbocycles. The van der Waals surface area contributed by atoms with Crippen LogP contribution in [0, 0.1) is 0 Å². The highest BCUT2D eigenvalue weighted by Gasteiger charge is 2.22. The Bertz CT molecular complexity index is 424. The molecule has 3 heteroatoms. The van der Waals surface area contributed by atoms with E-state index in [9.17, 15) is 9.59 Å². The van der Waals surface area contributed by atoms with Gasteiger partial charge < -0.3 is 5.32 Å². The molecule has 1 amide bonds. The van der Waals surface area contributed by atoms with Crippen molar-refractivity contribution in [3.8, 4) is 0 Å². The van der Waals surface area contributed by atoms with Crippen LogP contribution in [0.4, 0.5) is 0 Å². The Hall–Kier alpha value is -1.64. The molecule has 0 unspecified atom stereocenters. The molecule has 1 aliphatic rings. The van der Waals surface area contributed by atoms with Crippen LogP contribution < -0.4 is 5.32 Å². The van der Waals surface area contributed by atoms with Crippen LogP contribution in [-0.4, -0.2) is 18.7 Å². The fourth-order valence-corrected chi connectivity index (χ4v) is 1.99. The Morgan fingerprint density at radius 3 is 2.93 bits per heavy atom. The summed E-state index contributed by atoms with van der Waals surface area (Å²) in [5, 5.41) is 2.59. The van der Waals surface area contributed by atoms with Gasteiger partial charge in [0.25, 0.3) is 0 Å². The van der Waals surface area contributed by atoms with E-state index in [1.807, 2.05) is 18.2 Å². The van der Waals surface area contributed by atoms with Crippen molar-refractivity contribution in [1.29, 1.82) is 0 Å². The van der Waals surface area contributed by atoms with Gasteiger partial charge >= 0.3 is 0 Å². The van der Waals surface area contributed by atoms with E-state index in [1.165, 1.54) is 0 Å². The maximum absolute atomic E-state index is 11.5. The van der Waals surface area contributed by atoms with Crippen LogP contribution in [0.15, 0.2) is 18.2 Å². The molecule has 1 N–H and O–H groups in total. The van der Waals surface area contributed by atoms with E-state index in [4.69, 9.17) is 0 Å². The number of hydrogen-bond acceptors (Lipinski definition) is 2. The molecule has 0 saturated carbocycles. The van der Waals surface area contributed by atoms with Crippen molar-refractivity contribution >= 4 is 11.7 Å². The number of likely N-dealkylation sites (N-methyl/N-ethyl adjacent to an activating group) is 1. The maximum atomic E-state index is 11.5. The van der Waals surface area contributed by atoms with Gasteiger partial charge in [0, 0.05) is 19.0 Å². The van der Waals surface area contributed by atoms with Crippen LogP contribution in [-0.2, 0) is 17.6 Å². The van der Waals surface area contributed by atoms with Gasteiger partial charge in [-0.25, -0.2) is 0 Å². The van der Waals surface area contributed by atoms with Crippen molar-refractivity contribution in [1.82, 2.24) is 5.32 Å². The van der Waals surface area contributed by atoms with Crippen molar-refractivity contribution in [3.63, 3.8) is 0 Å². The molecule has 2 rings (SSSR count). The highest BCUT2D eigenvalue weighted by atomic mass is 16.1. The zero-order valence-electron chi connectivity index (χ0n) is 8.67. The Morgan fingerprint density at radius 1 is 1.40 bits per heavy atom. The van der Waals surface area contributed by atoms with E-state index in [2.05, 4.69) is 5.32 Å². The van der Waals surface area contributed by atoms with Crippen LogP contribution in [0.5, 0.6) is 0 Å². The molecule has 0 aliphatic heterocycles. The number of benzene rings is 1. The standard InChI is InChI=1S/C12H13NO2/c1-13-12(15)7-8-3-2-4-10-9(8)5-6-11(10)14/h2-4H,5-7H2,1H3,(H,13,15). The Morgan fingerprint density at radius 2 is 2.20 bits per heavy atom. The molecule has 1 aromatic rings. The molecule has 0 bridgehead atoms. The van der Waals surface area contributed by atoms with Crippen molar-refractivity contribution in [2.45, 2.75) is 19.3 Å². The topological polar surface area (TPSA) is 46.2 Å². The number of fused-ring (bicyclic) bond motifs is 1. The number of carbonyl (C=O) groups is 2. The minimum atomic E-state index is -0.0113. The third kappa shape index (κ3) is 1.77. The molecule has 0 atom stereocenters. The zero-order valence-corrected chi connectivity index (χ0v) is 8.67. The maximum Gasteiger partial charge on any atom is 0.224 e. The molecular weight excluding hydrogens is 190 g/mol. The molecule has 0 heterocycles. The predicted octanol–water partition coefficient (Wildman–Crippen LogP) is 1.10. The van der Waals surface area contributed by atoms with E-state index in [-0.39, 0.29) is 11.7 Å². The van der Waals surface area contributed by atoms with Gasteiger partial charge in [0.1, 0.15) is 0 Å². The number of hydrogen-bond donors (Lipinski definition) is 1. The molecule has 0 aromatic heterocycles. The Kier molecular flexibility index (Phi) is 2.54. The predicted molar refractivity (Wildman–Crippen MR) is 56.9 cm³/mol. The number of nitrogens with one attached hydrogen (secondary N) is 1. The fraction of sp³-hybridized carbons (Fsp3) is 0.333. The van der Waals surface area contributed by atoms with Crippen molar-refractivity contribution in [3.05, 3.63) is 34.9 Å². The number of amides is 1. The van der Waals surface area contributed by atoms with Crippen LogP contribution in [0.3, 0.4) is 0 Å². The smallest absolute Gasteiger partial charge is 0.224 e. The summed E-state index contributed by atoms with van der Waals surface area (Å²) in [6, 6.07) is 5.62. The van der Waals surface area contributed by atoms with Gasteiger partial charge in [0.05, 0.1) is 6.42 Å². The summed E-state index contributed by atoms with van der Waals surface area (Å²) in [7, 11) is 1.62. The van der Waals surface area contributed by atoms with E-state index in [0.717, 1.165) is 23.1 Å². The SMILES string of the molecule is CNC(=O)Cc1cccc2c1CCC2=O. The Labute approximate surface area is 88.5 Å². The first-order chi connectivity index (χ1) is 7.22. The second-order valence-electron chi connectivity index (χ2n) is 3.72. The first kappa shape index (κ1) is 9.90. The number of carbonyl (C=O) groups excluding carboxylic acids is 2. The van der Waals surface area contributed by atoms with Gasteiger partial charge in [-0.05, 0) is 17.5 Å². The van der Waals surface area contributed by atoms with E-state index in [0.29, 0.717) is 12.8 Å². The van der Waals surface area contributed by atoms with Gasteiger partial charge in [-0.1, -0.05) is 18.2 Å². The molecule has 3 nitrogen and oxygen atoms in total. The van der Waals surface area contributed by atoms with Crippen molar-refractivity contribution < 1.29 is 9.59 Å². The summed E-state index contributed by atoms with van der Waals surface area (Å²) < 4.78 is 0. The van der Waals surface area contributed by atoms with Crippen LogP contribution in [0.25, 0.3) is 0 Å². The summed E-state index contributed by atoms with van der Waals surface area (Å²) in [6.45, 7) is 0. The lowest BCUT2D eigenvalue weighted by atomic mass is 10.0. The average Bonchev–Trinajstić information content (AvgIpc) is 2.62. The summed E-state index contributed by atoms with van der Waals surface area (Å²) >= 11 is 0. The number of Topliss-reactive ketones (excluding diaryl/α,β-unsaturated/α-hetero) is 1. The van der Waals surface area contributed by atoms with Crippen LogP contribution in [0.1, 0.15) is 27.9 Å². The largest absolute Gasteiger partial charge is 0.359 e. The first-order valence-corrected chi connectivity index (χ1v) is 5.07. The lowest BCUT2D eigenvalue weighted by molar-refractivity contribution is -0.119. The molecule has 0 saturated heterocycles.